The molecule has 0 bridgehead atoms. The number of rotatable bonds is 6. The third-order valence-electron chi connectivity index (χ3n) is 1.98. The zero-order valence-corrected chi connectivity index (χ0v) is 10.5. The number of nitrogens with one attached hydrogen (secondary N) is 1. The minimum absolute atomic E-state index is 0.0280. The Morgan fingerprint density at radius 3 is 2.22 bits per heavy atom. The summed E-state index contributed by atoms with van der Waals surface area (Å²) in [6.07, 6.45) is 1.39. The van der Waals surface area contributed by atoms with Crippen LogP contribution < -0.4 is 5.32 Å². The molecule has 7 heteroatoms. The predicted octanol–water partition coefficient (Wildman–Crippen LogP) is -0.856. The van der Waals surface area contributed by atoms with Crippen LogP contribution >= 0.6 is 0 Å². The predicted molar refractivity (Wildman–Crippen MR) is 61.4 cm³/mol. The van der Waals surface area contributed by atoms with Crippen molar-refractivity contribution < 1.29 is 29.0 Å². The van der Waals surface area contributed by atoms with Crippen molar-refractivity contribution in [3.8, 4) is 0 Å². The molecule has 0 aliphatic heterocycles. The fourth-order valence-corrected chi connectivity index (χ4v) is 1.11. The molecule has 0 unspecified atom stereocenters. The summed E-state index contributed by atoms with van der Waals surface area (Å²) >= 11 is 0. The van der Waals surface area contributed by atoms with Gasteiger partial charge in [-0.05, 0) is 0 Å². The van der Waals surface area contributed by atoms with Crippen LogP contribution in [0.25, 0.3) is 0 Å². The van der Waals surface area contributed by atoms with E-state index in [-0.39, 0.29) is 6.42 Å². The average Bonchev–Trinajstić information content (AvgIpc) is 2.34. The van der Waals surface area contributed by atoms with Crippen molar-refractivity contribution in [2.24, 2.45) is 0 Å². The van der Waals surface area contributed by atoms with Gasteiger partial charge in [0.15, 0.2) is 6.10 Å². The van der Waals surface area contributed by atoms with E-state index in [1.54, 1.807) is 0 Å². The lowest BCUT2D eigenvalue weighted by atomic mass is 10.2. The summed E-state index contributed by atoms with van der Waals surface area (Å²) < 4.78 is 8.80. The molecule has 0 aliphatic rings. The van der Waals surface area contributed by atoms with Crippen molar-refractivity contribution in [3.05, 3.63) is 12.2 Å². The second-order valence-electron chi connectivity index (χ2n) is 3.40. The normalized spacial score (nSPS) is 13.8. The van der Waals surface area contributed by atoms with E-state index < -0.39 is 30.0 Å². The maximum Gasteiger partial charge on any atom is 0.335 e. The molecule has 0 aromatic rings. The summed E-state index contributed by atoms with van der Waals surface area (Å²) in [5, 5.41) is 11.6. The van der Waals surface area contributed by atoms with Gasteiger partial charge in [0.2, 0.25) is 5.91 Å². The maximum atomic E-state index is 11.3. The van der Waals surface area contributed by atoms with Gasteiger partial charge < -0.3 is 19.9 Å². The van der Waals surface area contributed by atoms with Crippen LogP contribution in [0.2, 0.25) is 0 Å². The van der Waals surface area contributed by atoms with Crippen molar-refractivity contribution in [2.75, 3.05) is 14.2 Å². The van der Waals surface area contributed by atoms with Crippen LogP contribution in [0.5, 0.6) is 0 Å². The van der Waals surface area contributed by atoms with Crippen molar-refractivity contribution >= 4 is 17.8 Å². The van der Waals surface area contributed by atoms with Crippen molar-refractivity contribution in [1.29, 1.82) is 0 Å². The highest BCUT2D eigenvalue weighted by molar-refractivity contribution is 5.84. The number of carbonyl (C=O) groups is 3. The molecule has 0 aromatic heterocycles. The number of amides is 1. The number of ether oxygens (including phenoxy) is 2. The van der Waals surface area contributed by atoms with Crippen LogP contribution in [0.4, 0.5) is 0 Å². The van der Waals surface area contributed by atoms with E-state index >= 15 is 0 Å². The zero-order chi connectivity index (χ0) is 14.1. The fraction of sp³-hybridized carbons (Fsp3) is 0.545. The number of esters is 2. The van der Waals surface area contributed by atoms with Gasteiger partial charge in [-0.15, -0.1) is 0 Å². The lowest BCUT2D eigenvalue weighted by Crippen LogP contribution is -2.38. The molecule has 18 heavy (non-hydrogen) atoms. The van der Waals surface area contributed by atoms with Crippen LogP contribution in [0, 0.1) is 0 Å². The number of hydrogen-bond acceptors (Lipinski definition) is 6. The maximum absolute atomic E-state index is 11.3. The van der Waals surface area contributed by atoms with E-state index in [1.807, 2.05) is 0 Å². The Hall–Kier alpha value is -1.89. The second kappa shape index (κ2) is 8.24. The van der Waals surface area contributed by atoms with Crippen molar-refractivity contribution in [1.82, 2.24) is 5.32 Å². The molecule has 0 spiro atoms. The van der Waals surface area contributed by atoms with E-state index in [0.717, 1.165) is 7.11 Å². The van der Waals surface area contributed by atoms with Gasteiger partial charge in [0.05, 0.1) is 14.2 Å². The summed E-state index contributed by atoms with van der Waals surface area (Å²) in [6.45, 7) is 1.26. The fourth-order valence-electron chi connectivity index (χ4n) is 1.11. The largest absolute Gasteiger partial charge is 0.467 e. The molecule has 0 aliphatic carbocycles. The van der Waals surface area contributed by atoms with E-state index in [0.29, 0.717) is 0 Å². The van der Waals surface area contributed by atoms with Gasteiger partial charge in [0.1, 0.15) is 6.04 Å². The molecule has 0 radical (unpaired) electrons. The first-order valence-electron chi connectivity index (χ1n) is 5.19. The Labute approximate surface area is 105 Å². The molecule has 2 atom stereocenters. The Morgan fingerprint density at radius 2 is 1.78 bits per heavy atom. The summed E-state index contributed by atoms with van der Waals surface area (Å²) in [5.74, 6) is -1.81. The molecule has 0 fully saturated rings. The molecule has 0 saturated carbocycles. The van der Waals surface area contributed by atoms with Gasteiger partial charge in [-0.25, -0.2) is 9.59 Å². The first kappa shape index (κ1) is 16.1. The topological polar surface area (TPSA) is 102 Å². The van der Waals surface area contributed by atoms with Crippen molar-refractivity contribution in [3.63, 3.8) is 0 Å². The molecule has 0 heterocycles. The molecular formula is C11H17NO6. The molecule has 102 valence electrons. The summed E-state index contributed by atoms with van der Waals surface area (Å²) in [5.41, 5.74) is 0. The number of carbonyl (C=O) groups excluding carboxylic acids is 3. The molecule has 7 nitrogen and oxygen atoms in total. The smallest absolute Gasteiger partial charge is 0.335 e. The van der Waals surface area contributed by atoms with Gasteiger partial charge in [-0.3, -0.25) is 4.79 Å². The number of aliphatic hydroxyl groups is 1. The van der Waals surface area contributed by atoms with Crippen LogP contribution in [0.3, 0.4) is 0 Å². The van der Waals surface area contributed by atoms with E-state index in [4.69, 9.17) is 0 Å². The highest BCUT2D eigenvalue weighted by Gasteiger charge is 2.17. The minimum atomic E-state index is -1.30. The first-order chi connectivity index (χ1) is 8.42. The van der Waals surface area contributed by atoms with E-state index in [2.05, 4.69) is 14.8 Å². The van der Waals surface area contributed by atoms with Crippen LogP contribution in [0.1, 0.15) is 13.3 Å². The average molecular weight is 259 g/mol. The van der Waals surface area contributed by atoms with E-state index in [9.17, 15) is 19.5 Å². The number of hydrogen-bond donors (Lipinski definition) is 2. The van der Waals surface area contributed by atoms with E-state index in [1.165, 1.54) is 26.2 Å². The van der Waals surface area contributed by atoms with Crippen LogP contribution in [-0.4, -0.2) is 49.3 Å². The molecule has 2 N–H and O–H groups in total. The lowest BCUT2D eigenvalue weighted by molar-refractivity contribution is -0.150. The zero-order valence-electron chi connectivity index (χ0n) is 10.5. The Morgan fingerprint density at radius 1 is 1.22 bits per heavy atom. The summed E-state index contributed by atoms with van der Waals surface area (Å²) in [4.78, 5) is 33.0. The summed E-state index contributed by atoms with van der Waals surface area (Å²) in [7, 11) is 2.35. The van der Waals surface area contributed by atoms with Gasteiger partial charge >= 0.3 is 11.9 Å². The first-order valence-corrected chi connectivity index (χ1v) is 5.19. The van der Waals surface area contributed by atoms with Gasteiger partial charge in [0.25, 0.3) is 0 Å². The van der Waals surface area contributed by atoms with Gasteiger partial charge in [-0.2, -0.15) is 0 Å². The van der Waals surface area contributed by atoms with Crippen LogP contribution in [-0.2, 0) is 23.9 Å². The monoisotopic (exact) mass is 259 g/mol. The number of aliphatic hydroxyl groups excluding tert-OH is 1. The SMILES string of the molecule is COC(=O)[C@H](O)C/C=C/[C@H](NC(C)=O)C(=O)OC. The third-order valence-corrected chi connectivity index (χ3v) is 1.98. The van der Waals surface area contributed by atoms with Crippen molar-refractivity contribution in [2.45, 2.75) is 25.5 Å². The second-order valence-corrected chi connectivity index (χ2v) is 3.40. The summed E-state index contributed by atoms with van der Waals surface area (Å²) in [6, 6.07) is -0.947. The number of methoxy groups -OCH3 is 2. The standard InChI is InChI=1S/C11H17NO6/c1-7(13)12-8(10(15)17-2)5-4-6-9(14)11(16)18-3/h4-5,8-9,14H,6H2,1-3H3,(H,12,13)/b5-4+/t8-,9+/m0/s1. The Kier molecular flexibility index (Phi) is 7.37. The van der Waals surface area contributed by atoms with Gasteiger partial charge in [-0.1, -0.05) is 12.2 Å². The molecular weight excluding hydrogens is 242 g/mol. The molecule has 0 saturated heterocycles. The molecule has 1 amide bonds. The quantitative estimate of drug-likeness (QED) is 0.475. The Balaban J connectivity index is 4.44. The van der Waals surface area contributed by atoms with Crippen LogP contribution in [0.15, 0.2) is 12.2 Å². The van der Waals surface area contributed by atoms with Gasteiger partial charge in [0, 0.05) is 13.3 Å². The Bertz CT molecular complexity index is 338. The minimum Gasteiger partial charge on any atom is -0.467 e. The molecule has 0 aromatic carbocycles. The lowest BCUT2D eigenvalue weighted by Gasteiger charge is -2.11. The molecule has 0 rings (SSSR count). The highest BCUT2D eigenvalue weighted by atomic mass is 16.5. The highest BCUT2D eigenvalue weighted by Crippen LogP contribution is 1.99. The third kappa shape index (κ3) is 6.00.